The monoisotopic (exact) mass is 274 g/mol. The minimum atomic E-state index is 0.0574. The number of rotatable bonds is 0. The Bertz CT molecular complexity index is 825. The van der Waals surface area contributed by atoms with E-state index in [1.165, 1.54) is 0 Å². The first-order chi connectivity index (χ1) is 10.0. The van der Waals surface area contributed by atoms with Gasteiger partial charge in [0.05, 0.1) is 11.2 Å². The third-order valence-electron chi connectivity index (χ3n) is 3.35. The average molecular weight is 274 g/mol. The quantitative estimate of drug-likeness (QED) is 0.566. The fourth-order valence-corrected chi connectivity index (χ4v) is 2.09. The van der Waals surface area contributed by atoms with E-state index >= 15 is 0 Å². The van der Waals surface area contributed by atoms with Gasteiger partial charge in [0.25, 0.3) is 0 Å². The maximum Gasteiger partial charge on any atom is 0.0688 e. The van der Waals surface area contributed by atoms with Gasteiger partial charge in [0.1, 0.15) is 0 Å². The summed E-state index contributed by atoms with van der Waals surface area (Å²) >= 11 is 0. The normalized spacial score (nSPS) is 11.2. The third kappa shape index (κ3) is 2.98. The number of aromatic nitrogens is 2. The molecule has 0 bridgehead atoms. The van der Waals surface area contributed by atoms with Gasteiger partial charge in [-0.15, -0.1) is 0 Å². The van der Waals surface area contributed by atoms with Crippen LogP contribution in [0.2, 0.25) is 0 Å². The average Bonchev–Trinajstić information content (AvgIpc) is 2.89. The van der Waals surface area contributed by atoms with Gasteiger partial charge in [-0.05, 0) is 30.3 Å². The molecule has 0 amide bonds. The molecule has 2 aromatic heterocycles. The van der Waals surface area contributed by atoms with Gasteiger partial charge in [-0.3, -0.25) is 0 Å². The van der Waals surface area contributed by atoms with Crippen LogP contribution in [-0.4, -0.2) is 9.61 Å². The van der Waals surface area contributed by atoms with Gasteiger partial charge in [-0.1, -0.05) is 50.8 Å². The van der Waals surface area contributed by atoms with E-state index in [-0.39, 0.29) is 5.41 Å². The smallest absolute Gasteiger partial charge is 0.0688 e. The molecule has 21 heavy (non-hydrogen) atoms. The van der Waals surface area contributed by atoms with Crippen LogP contribution in [0, 0.1) is 11.8 Å². The summed E-state index contributed by atoms with van der Waals surface area (Å²) in [6.45, 7) is 6.51. The van der Waals surface area contributed by atoms with Crippen LogP contribution in [0.25, 0.3) is 5.52 Å². The van der Waals surface area contributed by atoms with Crippen LogP contribution in [0.3, 0.4) is 0 Å². The Morgan fingerprint density at radius 3 is 2.33 bits per heavy atom. The maximum atomic E-state index is 4.65. The van der Waals surface area contributed by atoms with Crippen molar-refractivity contribution >= 4 is 5.52 Å². The molecule has 0 radical (unpaired) electrons. The SMILES string of the molecule is CC(C)(C)c1cc2ccc(C#Cc3ccccc3)cn2n1. The molecular formula is C19H18N2. The standard InChI is InChI=1S/C19H18N2/c1-19(2,3)18-13-17-12-11-16(14-21(17)20-18)10-9-15-7-5-4-6-8-15/h4-8,11-14H,1-3H3. The molecule has 1 aromatic carbocycles. The largest absolute Gasteiger partial charge is 0.239 e. The van der Waals surface area contributed by atoms with E-state index in [2.05, 4.69) is 49.8 Å². The highest BCUT2D eigenvalue weighted by molar-refractivity contribution is 5.52. The Hall–Kier alpha value is -2.53. The van der Waals surface area contributed by atoms with Crippen molar-refractivity contribution in [2.45, 2.75) is 26.2 Å². The van der Waals surface area contributed by atoms with Crippen molar-refractivity contribution in [3.63, 3.8) is 0 Å². The van der Waals surface area contributed by atoms with E-state index in [0.717, 1.165) is 22.3 Å². The molecule has 0 aliphatic rings. The molecule has 0 saturated carbocycles. The van der Waals surface area contributed by atoms with Crippen molar-refractivity contribution in [3.8, 4) is 11.8 Å². The zero-order valence-corrected chi connectivity index (χ0v) is 12.6. The van der Waals surface area contributed by atoms with Crippen molar-refractivity contribution in [3.05, 3.63) is 71.5 Å². The lowest BCUT2D eigenvalue weighted by Gasteiger charge is -2.13. The van der Waals surface area contributed by atoms with Crippen molar-refractivity contribution in [2.75, 3.05) is 0 Å². The Morgan fingerprint density at radius 1 is 0.905 bits per heavy atom. The molecule has 0 saturated heterocycles. The van der Waals surface area contributed by atoms with Gasteiger partial charge in [-0.25, -0.2) is 4.52 Å². The number of pyridine rings is 1. The second kappa shape index (κ2) is 5.10. The molecule has 0 aliphatic carbocycles. The summed E-state index contributed by atoms with van der Waals surface area (Å²) in [4.78, 5) is 0. The molecular weight excluding hydrogens is 256 g/mol. The first-order valence-electron chi connectivity index (χ1n) is 7.09. The van der Waals surface area contributed by atoms with E-state index < -0.39 is 0 Å². The predicted molar refractivity (Wildman–Crippen MR) is 86.3 cm³/mol. The molecule has 0 aliphatic heterocycles. The highest BCUT2D eigenvalue weighted by Crippen LogP contribution is 2.22. The topological polar surface area (TPSA) is 17.3 Å². The number of nitrogens with zero attached hydrogens (tertiary/aromatic N) is 2. The molecule has 2 heteroatoms. The Labute approximate surface area is 125 Å². The molecule has 0 atom stereocenters. The van der Waals surface area contributed by atoms with Gasteiger partial charge in [0.15, 0.2) is 0 Å². The van der Waals surface area contributed by atoms with Crippen LogP contribution < -0.4 is 0 Å². The molecule has 2 heterocycles. The van der Waals surface area contributed by atoms with Gasteiger partial charge in [0, 0.05) is 22.7 Å². The fourth-order valence-electron chi connectivity index (χ4n) is 2.09. The van der Waals surface area contributed by atoms with Gasteiger partial charge in [-0.2, -0.15) is 5.10 Å². The molecule has 3 rings (SSSR count). The van der Waals surface area contributed by atoms with Crippen molar-refractivity contribution < 1.29 is 0 Å². The molecule has 0 unspecified atom stereocenters. The van der Waals surface area contributed by atoms with Crippen LogP contribution in [0.15, 0.2) is 54.7 Å². The third-order valence-corrected chi connectivity index (χ3v) is 3.35. The van der Waals surface area contributed by atoms with Gasteiger partial charge in [0.2, 0.25) is 0 Å². The minimum Gasteiger partial charge on any atom is -0.239 e. The zero-order chi connectivity index (χ0) is 14.9. The lowest BCUT2D eigenvalue weighted by atomic mass is 9.92. The highest BCUT2D eigenvalue weighted by Gasteiger charge is 2.17. The van der Waals surface area contributed by atoms with E-state index in [0.29, 0.717) is 0 Å². The van der Waals surface area contributed by atoms with Crippen LogP contribution in [0.4, 0.5) is 0 Å². The summed E-state index contributed by atoms with van der Waals surface area (Å²) in [5.41, 5.74) is 4.24. The maximum absolute atomic E-state index is 4.65. The second-order valence-electron chi connectivity index (χ2n) is 6.18. The number of hydrogen-bond donors (Lipinski definition) is 0. The summed E-state index contributed by atoms with van der Waals surface area (Å²) in [6, 6.07) is 16.3. The Morgan fingerprint density at radius 2 is 1.62 bits per heavy atom. The molecule has 0 N–H and O–H groups in total. The van der Waals surface area contributed by atoms with Gasteiger partial charge >= 0.3 is 0 Å². The number of fused-ring (bicyclic) bond motifs is 1. The first-order valence-corrected chi connectivity index (χ1v) is 7.09. The van der Waals surface area contributed by atoms with E-state index in [4.69, 9.17) is 0 Å². The zero-order valence-electron chi connectivity index (χ0n) is 12.6. The summed E-state index contributed by atoms with van der Waals surface area (Å²) in [5.74, 6) is 6.36. The Balaban J connectivity index is 1.97. The molecule has 3 aromatic rings. The lowest BCUT2D eigenvalue weighted by Crippen LogP contribution is -2.11. The van der Waals surface area contributed by atoms with E-state index in [9.17, 15) is 0 Å². The molecule has 0 spiro atoms. The van der Waals surface area contributed by atoms with Crippen LogP contribution in [-0.2, 0) is 5.41 Å². The highest BCUT2D eigenvalue weighted by atomic mass is 15.2. The predicted octanol–water partition coefficient (Wildman–Crippen LogP) is 4.03. The summed E-state index contributed by atoms with van der Waals surface area (Å²) in [5, 5.41) is 4.65. The minimum absolute atomic E-state index is 0.0574. The first kappa shape index (κ1) is 13.5. The fraction of sp³-hybridized carbons (Fsp3) is 0.211. The van der Waals surface area contributed by atoms with Gasteiger partial charge < -0.3 is 0 Å². The number of benzene rings is 1. The van der Waals surface area contributed by atoms with Crippen molar-refractivity contribution in [2.24, 2.45) is 0 Å². The van der Waals surface area contributed by atoms with Crippen molar-refractivity contribution in [1.29, 1.82) is 0 Å². The Kier molecular flexibility index (Phi) is 3.27. The lowest BCUT2D eigenvalue weighted by molar-refractivity contribution is 0.562. The van der Waals surface area contributed by atoms with Crippen LogP contribution in [0.5, 0.6) is 0 Å². The summed E-state index contributed by atoms with van der Waals surface area (Å²) in [7, 11) is 0. The van der Waals surface area contributed by atoms with E-state index in [1.807, 2.05) is 47.1 Å². The molecule has 0 fully saturated rings. The van der Waals surface area contributed by atoms with Crippen LogP contribution >= 0.6 is 0 Å². The summed E-state index contributed by atoms with van der Waals surface area (Å²) in [6.07, 6.45) is 1.99. The summed E-state index contributed by atoms with van der Waals surface area (Å²) < 4.78 is 1.91. The van der Waals surface area contributed by atoms with Crippen LogP contribution in [0.1, 0.15) is 37.6 Å². The second-order valence-corrected chi connectivity index (χ2v) is 6.18. The van der Waals surface area contributed by atoms with E-state index in [1.54, 1.807) is 0 Å². The van der Waals surface area contributed by atoms with Crippen molar-refractivity contribution in [1.82, 2.24) is 9.61 Å². The number of hydrogen-bond acceptors (Lipinski definition) is 1. The molecule has 2 nitrogen and oxygen atoms in total. The molecule has 104 valence electrons.